The van der Waals surface area contributed by atoms with Gasteiger partial charge in [-0.15, -0.1) is 0 Å². The maximum absolute atomic E-state index is 12.3. The number of ether oxygens (including phenoxy) is 1. The van der Waals surface area contributed by atoms with Gasteiger partial charge in [0.1, 0.15) is 5.54 Å². The largest absolute Gasteiger partial charge is 0.465 e. The van der Waals surface area contributed by atoms with Crippen molar-refractivity contribution in [2.75, 3.05) is 19.7 Å². The van der Waals surface area contributed by atoms with E-state index in [0.717, 1.165) is 19.0 Å². The lowest BCUT2D eigenvalue weighted by Gasteiger charge is -2.34. The van der Waals surface area contributed by atoms with Gasteiger partial charge in [-0.25, -0.2) is 0 Å². The summed E-state index contributed by atoms with van der Waals surface area (Å²) in [6, 6.07) is 1.06. The summed E-state index contributed by atoms with van der Waals surface area (Å²) in [6.45, 7) is 10.7. The SMILES string of the molecule is CCOC(=O)C(C)(CN1CC(C)CC1C)NC1CC1. The molecule has 1 aliphatic carbocycles. The van der Waals surface area contributed by atoms with Crippen LogP contribution in [-0.2, 0) is 9.53 Å². The Kier molecular flexibility index (Phi) is 4.51. The maximum atomic E-state index is 12.3. The Morgan fingerprint density at radius 2 is 2.11 bits per heavy atom. The van der Waals surface area contributed by atoms with Crippen molar-refractivity contribution < 1.29 is 9.53 Å². The van der Waals surface area contributed by atoms with Crippen molar-refractivity contribution in [2.45, 2.75) is 64.6 Å². The molecular formula is C15H28N2O2. The smallest absolute Gasteiger partial charge is 0.327 e. The van der Waals surface area contributed by atoms with Crippen molar-refractivity contribution in [1.82, 2.24) is 10.2 Å². The molecule has 19 heavy (non-hydrogen) atoms. The molecule has 2 fully saturated rings. The van der Waals surface area contributed by atoms with Crippen LogP contribution in [0.4, 0.5) is 0 Å². The van der Waals surface area contributed by atoms with Crippen LogP contribution in [0.25, 0.3) is 0 Å². The van der Waals surface area contributed by atoms with E-state index < -0.39 is 5.54 Å². The van der Waals surface area contributed by atoms with E-state index in [4.69, 9.17) is 4.74 Å². The van der Waals surface area contributed by atoms with E-state index in [0.29, 0.717) is 18.7 Å². The molecule has 4 heteroatoms. The summed E-state index contributed by atoms with van der Waals surface area (Å²) in [5, 5.41) is 3.50. The Hall–Kier alpha value is -0.610. The molecular weight excluding hydrogens is 240 g/mol. The summed E-state index contributed by atoms with van der Waals surface area (Å²) in [4.78, 5) is 14.7. The first kappa shape index (κ1) is 14.8. The van der Waals surface area contributed by atoms with E-state index in [-0.39, 0.29) is 5.97 Å². The fourth-order valence-electron chi connectivity index (χ4n) is 3.15. The number of hydrogen-bond donors (Lipinski definition) is 1. The van der Waals surface area contributed by atoms with Gasteiger partial charge in [-0.05, 0) is 46.0 Å². The summed E-state index contributed by atoms with van der Waals surface area (Å²) in [5.41, 5.74) is -0.560. The Balaban J connectivity index is 2.01. The highest BCUT2D eigenvalue weighted by Gasteiger charge is 2.43. The number of nitrogens with zero attached hydrogens (tertiary/aromatic N) is 1. The van der Waals surface area contributed by atoms with Gasteiger partial charge in [-0.3, -0.25) is 15.0 Å². The fraction of sp³-hybridized carbons (Fsp3) is 0.933. The molecule has 1 saturated carbocycles. The number of nitrogens with one attached hydrogen (secondary N) is 1. The number of esters is 1. The minimum atomic E-state index is -0.560. The van der Waals surface area contributed by atoms with Gasteiger partial charge in [-0.1, -0.05) is 6.92 Å². The first-order valence-corrected chi connectivity index (χ1v) is 7.63. The van der Waals surface area contributed by atoms with E-state index >= 15 is 0 Å². The van der Waals surface area contributed by atoms with Crippen molar-refractivity contribution in [3.8, 4) is 0 Å². The van der Waals surface area contributed by atoms with Gasteiger partial charge in [0.25, 0.3) is 0 Å². The van der Waals surface area contributed by atoms with Gasteiger partial charge < -0.3 is 4.74 Å². The number of hydrogen-bond acceptors (Lipinski definition) is 4. The molecule has 1 saturated heterocycles. The predicted octanol–water partition coefficient (Wildman–Crippen LogP) is 1.79. The zero-order valence-electron chi connectivity index (χ0n) is 12.7. The van der Waals surface area contributed by atoms with Crippen molar-refractivity contribution in [3.05, 3.63) is 0 Å². The van der Waals surface area contributed by atoms with E-state index in [1.807, 2.05) is 13.8 Å². The highest BCUT2D eigenvalue weighted by Crippen LogP contribution is 2.28. The lowest BCUT2D eigenvalue weighted by molar-refractivity contribution is -0.151. The molecule has 4 nitrogen and oxygen atoms in total. The van der Waals surface area contributed by atoms with Crippen LogP contribution in [0.5, 0.6) is 0 Å². The summed E-state index contributed by atoms with van der Waals surface area (Å²) in [5.74, 6) is 0.621. The number of likely N-dealkylation sites (tertiary alicyclic amines) is 1. The van der Waals surface area contributed by atoms with Crippen LogP contribution in [0.2, 0.25) is 0 Å². The Morgan fingerprint density at radius 1 is 1.42 bits per heavy atom. The summed E-state index contributed by atoms with van der Waals surface area (Å²) in [6.07, 6.45) is 3.59. The number of rotatable bonds is 6. The van der Waals surface area contributed by atoms with E-state index in [1.165, 1.54) is 19.3 Å². The van der Waals surface area contributed by atoms with Crippen molar-refractivity contribution in [3.63, 3.8) is 0 Å². The second-order valence-corrected chi connectivity index (χ2v) is 6.59. The minimum Gasteiger partial charge on any atom is -0.465 e. The van der Waals surface area contributed by atoms with Crippen LogP contribution in [0.1, 0.15) is 47.0 Å². The molecule has 3 atom stereocenters. The Bertz CT molecular complexity index is 330. The summed E-state index contributed by atoms with van der Waals surface area (Å²) < 4.78 is 5.28. The lowest BCUT2D eigenvalue weighted by Crippen LogP contribution is -2.58. The standard InChI is InChI=1S/C15H28N2O2/c1-5-19-14(18)15(4,16-13-6-7-13)10-17-9-11(2)8-12(17)3/h11-13,16H,5-10H2,1-4H3. The molecule has 2 rings (SSSR count). The predicted molar refractivity (Wildman–Crippen MR) is 76.0 cm³/mol. The van der Waals surface area contributed by atoms with Gasteiger partial charge in [0.2, 0.25) is 0 Å². The molecule has 110 valence electrons. The van der Waals surface area contributed by atoms with Gasteiger partial charge in [0.05, 0.1) is 6.61 Å². The van der Waals surface area contributed by atoms with E-state index in [1.54, 1.807) is 0 Å². The topological polar surface area (TPSA) is 41.6 Å². The van der Waals surface area contributed by atoms with E-state index in [9.17, 15) is 4.79 Å². The molecule has 1 N–H and O–H groups in total. The normalized spacial score (nSPS) is 31.2. The zero-order chi connectivity index (χ0) is 14.0. The second kappa shape index (κ2) is 5.80. The zero-order valence-corrected chi connectivity index (χ0v) is 12.7. The average Bonchev–Trinajstić information content (AvgIpc) is 3.06. The molecule has 3 unspecified atom stereocenters. The molecule has 0 radical (unpaired) electrons. The molecule has 0 bridgehead atoms. The Labute approximate surface area is 116 Å². The molecule has 1 heterocycles. The molecule has 0 aromatic rings. The average molecular weight is 268 g/mol. The van der Waals surface area contributed by atoms with Crippen LogP contribution >= 0.6 is 0 Å². The van der Waals surface area contributed by atoms with Gasteiger partial charge >= 0.3 is 5.97 Å². The highest BCUT2D eigenvalue weighted by molar-refractivity contribution is 5.80. The lowest BCUT2D eigenvalue weighted by atomic mass is 10.0. The summed E-state index contributed by atoms with van der Waals surface area (Å²) in [7, 11) is 0. The minimum absolute atomic E-state index is 0.103. The molecule has 2 aliphatic rings. The number of carbonyl (C=O) groups is 1. The van der Waals surface area contributed by atoms with Gasteiger partial charge in [0, 0.05) is 25.2 Å². The monoisotopic (exact) mass is 268 g/mol. The second-order valence-electron chi connectivity index (χ2n) is 6.59. The van der Waals surface area contributed by atoms with Crippen molar-refractivity contribution in [1.29, 1.82) is 0 Å². The molecule has 0 spiro atoms. The Morgan fingerprint density at radius 3 is 2.58 bits per heavy atom. The molecule has 0 aromatic heterocycles. The van der Waals surface area contributed by atoms with Crippen LogP contribution in [0.15, 0.2) is 0 Å². The van der Waals surface area contributed by atoms with Crippen LogP contribution in [-0.4, -0.2) is 48.2 Å². The quantitative estimate of drug-likeness (QED) is 0.746. The fourth-order valence-corrected chi connectivity index (χ4v) is 3.15. The first-order valence-electron chi connectivity index (χ1n) is 7.63. The third-order valence-corrected chi connectivity index (χ3v) is 4.26. The van der Waals surface area contributed by atoms with Gasteiger partial charge in [0.15, 0.2) is 0 Å². The van der Waals surface area contributed by atoms with Gasteiger partial charge in [-0.2, -0.15) is 0 Å². The van der Waals surface area contributed by atoms with Crippen molar-refractivity contribution >= 4 is 5.97 Å². The third kappa shape index (κ3) is 3.69. The highest BCUT2D eigenvalue weighted by atomic mass is 16.5. The molecule has 0 amide bonds. The first-order chi connectivity index (χ1) is 8.94. The summed E-state index contributed by atoms with van der Waals surface area (Å²) >= 11 is 0. The maximum Gasteiger partial charge on any atom is 0.327 e. The van der Waals surface area contributed by atoms with Crippen LogP contribution in [0, 0.1) is 5.92 Å². The number of carbonyl (C=O) groups excluding carboxylic acids is 1. The molecule has 0 aromatic carbocycles. The molecule has 1 aliphatic heterocycles. The van der Waals surface area contributed by atoms with Crippen LogP contribution in [0.3, 0.4) is 0 Å². The third-order valence-electron chi connectivity index (χ3n) is 4.26. The van der Waals surface area contributed by atoms with E-state index in [2.05, 4.69) is 24.1 Å². The van der Waals surface area contributed by atoms with Crippen LogP contribution < -0.4 is 5.32 Å². The van der Waals surface area contributed by atoms with Crippen molar-refractivity contribution in [2.24, 2.45) is 5.92 Å².